The smallest absolute Gasteiger partial charge is 0.225 e. The van der Waals surface area contributed by atoms with Crippen LogP contribution in [0.5, 0.6) is 0 Å². The van der Waals surface area contributed by atoms with Crippen molar-refractivity contribution in [1.82, 2.24) is 9.80 Å². The first-order valence-electron chi connectivity index (χ1n) is 9.49. The first-order chi connectivity index (χ1) is 11.8. The quantitative estimate of drug-likeness (QED) is 0.837. The normalized spacial score (nSPS) is 30.7. The second-order valence-electron chi connectivity index (χ2n) is 7.26. The van der Waals surface area contributed by atoms with Crippen LogP contribution in [0, 0.1) is 0 Å². The molecule has 2 fully saturated rings. The van der Waals surface area contributed by atoms with Gasteiger partial charge in [0.05, 0.1) is 13.0 Å². The maximum atomic E-state index is 13.0. The third-order valence-corrected chi connectivity index (χ3v) is 7.06. The molecule has 2 saturated heterocycles. The van der Waals surface area contributed by atoms with E-state index in [1.165, 1.54) is 36.2 Å². The fourth-order valence-electron chi connectivity index (χ4n) is 4.83. The number of likely N-dealkylation sites (N-methyl/N-ethyl adjacent to an activating group) is 1. The van der Waals surface area contributed by atoms with Crippen LogP contribution in [0.3, 0.4) is 0 Å². The third-order valence-electron chi connectivity index (χ3n) is 6.01. The van der Waals surface area contributed by atoms with E-state index in [9.17, 15) is 4.79 Å². The van der Waals surface area contributed by atoms with E-state index in [1.54, 1.807) is 11.3 Å². The average molecular weight is 349 g/mol. The van der Waals surface area contributed by atoms with Gasteiger partial charge in [-0.15, -0.1) is 11.3 Å². The van der Waals surface area contributed by atoms with Crippen LogP contribution in [-0.4, -0.2) is 54.0 Å². The number of carbonyl (C=O) groups is 1. The van der Waals surface area contributed by atoms with Crippen molar-refractivity contribution in [3.8, 4) is 0 Å². The maximum Gasteiger partial charge on any atom is 0.225 e. The molecule has 5 heteroatoms. The van der Waals surface area contributed by atoms with Crippen LogP contribution < -0.4 is 0 Å². The van der Waals surface area contributed by atoms with Crippen molar-refractivity contribution in [3.05, 3.63) is 21.9 Å². The molecule has 0 spiro atoms. The van der Waals surface area contributed by atoms with Crippen molar-refractivity contribution in [2.24, 2.45) is 0 Å². The summed E-state index contributed by atoms with van der Waals surface area (Å²) in [5.74, 6) is 0.298. The lowest BCUT2D eigenvalue weighted by atomic mass is 10.0. The van der Waals surface area contributed by atoms with Gasteiger partial charge in [-0.2, -0.15) is 0 Å². The minimum atomic E-state index is -0.0200. The van der Waals surface area contributed by atoms with Crippen molar-refractivity contribution < 1.29 is 9.53 Å². The zero-order valence-corrected chi connectivity index (χ0v) is 15.4. The van der Waals surface area contributed by atoms with Gasteiger partial charge < -0.3 is 9.64 Å². The van der Waals surface area contributed by atoms with E-state index in [0.29, 0.717) is 24.4 Å². The minimum absolute atomic E-state index is 0.0200. The van der Waals surface area contributed by atoms with Crippen LogP contribution in [0.4, 0.5) is 0 Å². The molecule has 0 aliphatic carbocycles. The van der Waals surface area contributed by atoms with Crippen LogP contribution >= 0.6 is 11.3 Å². The lowest BCUT2D eigenvalue weighted by molar-refractivity contribution is -0.136. The summed E-state index contributed by atoms with van der Waals surface area (Å²) in [6, 6.07) is 3.19. The number of carbonyl (C=O) groups excluding carboxylic acids is 1. The summed E-state index contributed by atoms with van der Waals surface area (Å²) >= 11 is 1.74. The molecule has 0 unspecified atom stereocenters. The number of amides is 1. The van der Waals surface area contributed by atoms with Gasteiger partial charge in [0.2, 0.25) is 5.91 Å². The molecule has 1 aromatic heterocycles. The second kappa shape index (κ2) is 7.14. The van der Waals surface area contributed by atoms with Gasteiger partial charge in [-0.25, -0.2) is 0 Å². The van der Waals surface area contributed by atoms with Gasteiger partial charge in [0.25, 0.3) is 0 Å². The SMILES string of the molecule is CCN1CCC[C@@H]1[C@H]1CCCN1C(=O)C[C@H]1OCCc2ccsc21. The summed E-state index contributed by atoms with van der Waals surface area (Å²) in [6.07, 6.45) is 6.33. The Hall–Kier alpha value is -0.910. The van der Waals surface area contributed by atoms with Gasteiger partial charge in [-0.3, -0.25) is 9.69 Å². The molecule has 3 aliphatic rings. The Morgan fingerprint density at radius 1 is 1.29 bits per heavy atom. The molecule has 1 amide bonds. The summed E-state index contributed by atoms with van der Waals surface area (Å²) in [7, 11) is 0. The minimum Gasteiger partial charge on any atom is -0.372 e. The molecule has 0 aromatic carbocycles. The van der Waals surface area contributed by atoms with E-state index >= 15 is 0 Å². The van der Waals surface area contributed by atoms with Gasteiger partial charge in [0.15, 0.2) is 0 Å². The molecular weight excluding hydrogens is 320 g/mol. The molecule has 4 nitrogen and oxygen atoms in total. The number of hydrogen-bond donors (Lipinski definition) is 0. The lowest BCUT2D eigenvalue weighted by Gasteiger charge is -2.35. The number of thiophene rings is 1. The van der Waals surface area contributed by atoms with E-state index in [2.05, 4.69) is 28.2 Å². The predicted octanol–water partition coefficient (Wildman–Crippen LogP) is 3.23. The van der Waals surface area contributed by atoms with Crippen LogP contribution in [0.15, 0.2) is 11.4 Å². The molecule has 0 N–H and O–H groups in total. The monoisotopic (exact) mass is 348 g/mol. The Balaban J connectivity index is 1.44. The molecule has 3 atom stereocenters. The predicted molar refractivity (Wildman–Crippen MR) is 96.3 cm³/mol. The zero-order chi connectivity index (χ0) is 16.5. The average Bonchev–Trinajstić information content (AvgIpc) is 3.33. The fraction of sp³-hybridized carbons (Fsp3) is 0.737. The largest absolute Gasteiger partial charge is 0.372 e. The van der Waals surface area contributed by atoms with Crippen LogP contribution in [-0.2, 0) is 16.0 Å². The van der Waals surface area contributed by atoms with Crippen molar-refractivity contribution in [1.29, 1.82) is 0 Å². The topological polar surface area (TPSA) is 32.8 Å². The number of hydrogen-bond acceptors (Lipinski definition) is 4. The third kappa shape index (κ3) is 3.02. The van der Waals surface area contributed by atoms with Crippen LogP contribution in [0.25, 0.3) is 0 Å². The Bertz CT molecular complexity index is 588. The van der Waals surface area contributed by atoms with E-state index in [4.69, 9.17) is 4.74 Å². The van der Waals surface area contributed by atoms with Crippen molar-refractivity contribution in [3.63, 3.8) is 0 Å². The Labute approximate surface area is 148 Å². The number of rotatable bonds is 4. The zero-order valence-electron chi connectivity index (χ0n) is 14.6. The van der Waals surface area contributed by atoms with Gasteiger partial charge in [-0.05, 0) is 62.2 Å². The van der Waals surface area contributed by atoms with Gasteiger partial charge in [0.1, 0.15) is 6.10 Å². The standard InChI is InChI=1S/C19H28N2O2S/c1-2-20-9-3-5-15(20)16-6-4-10-21(16)18(22)13-17-19-14(7-11-23-17)8-12-24-19/h8,12,15-17H,2-7,9-11,13H2,1H3/t15-,16-,17-/m1/s1. The maximum absolute atomic E-state index is 13.0. The molecular formula is C19H28N2O2S. The fourth-order valence-corrected chi connectivity index (χ4v) is 5.84. The highest BCUT2D eigenvalue weighted by Gasteiger charge is 2.40. The Morgan fingerprint density at radius 2 is 2.12 bits per heavy atom. The Kier molecular flexibility index (Phi) is 4.93. The molecule has 4 heterocycles. The molecule has 4 rings (SSSR count). The van der Waals surface area contributed by atoms with Crippen molar-refractivity contribution in [2.45, 2.75) is 63.6 Å². The van der Waals surface area contributed by atoms with Crippen LogP contribution in [0.2, 0.25) is 0 Å². The molecule has 1 aromatic rings. The summed E-state index contributed by atoms with van der Waals surface area (Å²) < 4.78 is 5.95. The van der Waals surface area contributed by atoms with E-state index in [0.717, 1.165) is 32.5 Å². The molecule has 0 bridgehead atoms. The molecule has 132 valence electrons. The first kappa shape index (κ1) is 16.6. The Morgan fingerprint density at radius 3 is 3.00 bits per heavy atom. The number of ether oxygens (including phenoxy) is 1. The van der Waals surface area contributed by atoms with Crippen molar-refractivity contribution >= 4 is 17.2 Å². The summed E-state index contributed by atoms with van der Waals surface area (Å²) in [4.78, 5) is 19.1. The highest BCUT2D eigenvalue weighted by atomic mass is 32.1. The van der Waals surface area contributed by atoms with Gasteiger partial charge in [0, 0.05) is 23.5 Å². The van der Waals surface area contributed by atoms with E-state index in [-0.39, 0.29) is 6.10 Å². The lowest BCUT2D eigenvalue weighted by Crippen LogP contribution is -2.48. The van der Waals surface area contributed by atoms with E-state index in [1.807, 2.05) is 0 Å². The van der Waals surface area contributed by atoms with Gasteiger partial charge >= 0.3 is 0 Å². The molecule has 3 aliphatic heterocycles. The number of likely N-dealkylation sites (tertiary alicyclic amines) is 2. The number of fused-ring (bicyclic) bond motifs is 1. The molecule has 0 saturated carbocycles. The van der Waals surface area contributed by atoms with Crippen molar-refractivity contribution in [2.75, 3.05) is 26.2 Å². The summed E-state index contributed by atoms with van der Waals surface area (Å²) in [5, 5.41) is 2.13. The molecule has 24 heavy (non-hydrogen) atoms. The summed E-state index contributed by atoms with van der Waals surface area (Å²) in [6.45, 7) is 6.23. The highest BCUT2D eigenvalue weighted by Crippen LogP contribution is 2.36. The second-order valence-corrected chi connectivity index (χ2v) is 8.21. The molecule has 0 radical (unpaired) electrons. The van der Waals surface area contributed by atoms with Gasteiger partial charge in [-0.1, -0.05) is 6.92 Å². The van der Waals surface area contributed by atoms with Crippen LogP contribution in [0.1, 0.15) is 55.6 Å². The van der Waals surface area contributed by atoms with E-state index < -0.39 is 0 Å². The first-order valence-corrected chi connectivity index (χ1v) is 10.4. The summed E-state index contributed by atoms with van der Waals surface area (Å²) in [5.41, 5.74) is 1.38. The number of nitrogens with zero attached hydrogens (tertiary/aromatic N) is 2. The highest BCUT2D eigenvalue weighted by molar-refractivity contribution is 7.10.